The molecule has 0 amide bonds. The molecular formula is C11H18BrNO2. The first-order valence-electron chi connectivity index (χ1n) is 4.96. The van der Waals surface area contributed by atoms with Gasteiger partial charge in [0, 0.05) is 0 Å². The van der Waals surface area contributed by atoms with Crippen LogP contribution in [-0.4, -0.2) is 23.3 Å². The lowest BCUT2D eigenvalue weighted by Crippen LogP contribution is -2.17. The van der Waals surface area contributed by atoms with Crippen LogP contribution in [-0.2, 0) is 6.42 Å². The molecular weight excluding hydrogens is 258 g/mol. The van der Waals surface area contributed by atoms with Crippen LogP contribution in [0.15, 0.2) is 18.2 Å². The summed E-state index contributed by atoms with van der Waals surface area (Å²) in [6, 6.07) is 5.05. The number of phenols is 2. The molecule has 15 heavy (non-hydrogen) atoms. The van der Waals surface area contributed by atoms with Gasteiger partial charge in [-0.15, -0.1) is 17.0 Å². The van der Waals surface area contributed by atoms with Crippen molar-refractivity contribution in [2.24, 2.45) is 0 Å². The Bertz CT molecular complexity index is 292. The SMILES string of the molecule is Br.CCCNCCc1cccc(O)c1O. The second kappa shape index (κ2) is 7.54. The van der Waals surface area contributed by atoms with Crippen LogP contribution in [0.3, 0.4) is 0 Å². The fourth-order valence-electron chi connectivity index (χ4n) is 1.30. The normalized spacial score (nSPS) is 9.67. The lowest BCUT2D eigenvalue weighted by atomic mass is 10.1. The molecule has 0 heterocycles. The van der Waals surface area contributed by atoms with Gasteiger partial charge >= 0.3 is 0 Å². The first-order chi connectivity index (χ1) is 6.75. The lowest BCUT2D eigenvalue weighted by molar-refractivity contribution is 0.399. The fraction of sp³-hybridized carbons (Fsp3) is 0.455. The van der Waals surface area contributed by atoms with E-state index in [2.05, 4.69) is 12.2 Å². The quantitative estimate of drug-likeness (QED) is 0.571. The Labute approximate surface area is 101 Å². The minimum Gasteiger partial charge on any atom is -0.504 e. The zero-order valence-corrected chi connectivity index (χ0v) is 10.6. The third-order valence-electron chi connectivity index (χ3n) is 2.10. The number of nitrogens with one attached hydrogen (secondary N) is 1. The molecule has 0 aromatic heterocycles. The molecule has 0 unspecified atom stereocenters. The van der Waals surface area contributed by atoms with E-state index < -0.39 is 0 Å². The van der Waals surface area contributed by atoms with E-state index in [-0.39, 0.29) is 28.5 Å². The summed E-state index contributed by atoms with van der Waals surface area (Å²) >= 11 is 0. The Morgan fingerprint density at radius 1 is 1.20 bits per heavy atom. The summed E-state index contributed by atoms with van der Waals surface area (Å²) in [5.41, 5.74) is 0.786. The van der Waals surface area contributed by atoms with E-state index in [0.29, 0.717) is 0 Å². The first-order valence-corrected chi connectivity index (χ1v) is 4.96. The molecule has 0 aliphatic carbocycles. The molecule has 3 nitrogen and oxygen atoms in total. The number of para-hydroxylation sites is 1. The van der Waals surface area contributed by atoms with Gasteiger partial charge in [-0.25, -0.2) is 0 Å². The van der Waals surface area contributed by atoms with Crippen LogP contribution in [0.1, 0.15) is 18.9 Å². The van der Waals surface area contributed by atoms with Gasteiger partial charge in [0.25, 0.3) is 0 Å². The van der Waals surface area contributed by atoms with Gasteiger partial charge in [0.15, 0.2) is 11.5 Å². The van der Waals surface area contributed by atoms with Crippen molar-refractivity contribution in [3.05, 3.63) is 23.8 Å². The molecule has 0 saturated heterocycles. The van der Waals surface area contributed by atoms with Crippen LogP contribution >= 0.6 is 17.0 Å². The summed E-state index contributed by atoms with van der Waals surface area (Å²) < 4.78 is 0. The van der Waals surface area contributed by atoms with Gasteiger partial charge in [0.05, 0.1) is 0 Å². The largest absolute Gasteiger partial charge is 0.504 e. The van der Waals surface area contributed by atoms with E-state index in [4.69, 9.17) is 0 Å². The van der Waals surface area contributed by atoms with Crippen molar-refractivity contribution in [3.8, 4) is 11.5 Å². The van der Waals surface area contributed by atoms with Gasteiger partial charge in [0.2, 0.25) is 0 Å². The summed E-state index contributed by atoms with van der Waals surface area (Å²) in [7, 11) is 0. The number of halogens is 1. The topological polar surface area (TPSA) is 52.5 Å². The number of hydrogen-bond acceptors (Lipinski definition) is 3. The molecule has 0 radical (unpaired) electrons. The zero-order valence-electron chi connectivity index (χ0n) is 8.86. The predicted octanol–water partition coefficient (Wildman–Crippen LogP) is 2.22. The Morgan fingerprint density at radius 3 is 2.60 bits per heavy atom. The Balaban J connectivity index is 0.00000196. The molecule has 3 N–H and O–H groups in total. The molecule has 0 saturated carbocycles. The van der Waals surface area contributed by atoms with Crippen LogP contribution in [0.25, 0.3) is 0 Å². The van der Waals surface area contributed by atoms with Gasteiger partial charge in [-0.1, -0.05) is 19.1 Å². The summed E-state index contributed by atoms with van der Waals surface area (Å²) in [6.45, 7) is 3.92. The second-order valence-electron chi connectivity index (χ2n) is 3.28. The average molecular weight is 276 g/mol. The summed E-state index contributed by atoms with van der Waals surface area (Å²) in [5.74, 6) is -0.0382. The zero-order chi connectivity index (χ0) is 10.4. The molecule has 0 aliphatic heterocycles. The third kappa shape index (κ3) is 4.53. The minimum atomic E-state index is -0.0435. The molecule has 0 bridgehead atoms. The number of rotatable bonds is 5. The number of benzene rings is 1. The summed E-state index contributed by atoms with van der Waals surface area (Å²) in [6.07, 6.45) is 1.84. The Hall–Kier alpha value is -0.740. The van der Waals surface area contributed by atoms with E-state index in [1.165, 1.54) is 6.07 Å². The van der Waals surface area contributed by atoms with E-state index in [0.717, 1.165) is 31.5 Å². The van der Waals surface area contributed by atoms with Crippen molar-refractivity contribution >= 4 is 17.0 Å². The summed E-state index contributed by atoms with van der Waals surface area (Å²) in [4.78, 5) is 0. The van der Waals surface area contributed by atoms with Crippen LogP contribution in [0.4, 0.5) is 0 Å². The molecule has 86 valence electrons. The van der Waals surface area contributed by atoms with E-state index in [1.54, 1.807) is 6.07 Å². The number of aromatic hydroxyl groups is 2. The Kier molecular flexibility index (Phi) is 7.17. The molecule has 0 atom stereocenters. The van der Waals surface area contributed by atoms with Gasteiger partial charge < -0.3 is 15.5 Å². The highest BCUT2D eigenvalue weighted by molar-refractivity contribution is 8.93. The van der Waals surface area contributed by atoms with Crippen LogP contribution in [0.5, 0.6) is 11.5 Å². The smallest absolute Gasteiger partial charge is 0.160 e. The highest BCUT2D eigenvalue weighted by Crippen LogP contribution is 2.28. The van der Waals surface area contributed by atoms with Gasteiger partial charge in [-0.2, -0.15) is 0 Å². The molecule has 0 fully saturated rings. The number of hydrogen-bond donors (Lipinski definition) is 3. The molecule has 0 aliphatic rings. The fourth-order valence-corrected chi connectivity index (χ4v) is 1.30. The third-order valence-corrected chi connectivity index (χ3v) is 2.10. The van der Waals surface area contributed by atoms with Gasteiger partial charge in [-0.05, 0) is 37.6 Å². The molecule has 1 rings (SSSR count). The van der Waals surface area contributed by atoms with Crippen LogP contribution in [0, 0.1) is 0 Å². The van der Waals surface area contributed by atoms with Crippen molar-refractivity contribution in [1.82, 2.24) is 5.32 Å². The van der Waals surface area contributed by atoms with E-state index in [1.807, 2.05) is 6.07 Å². The summed E-state index contributed by atoms with van der Waals surface area (Å²) in [5, 5.41) is 21.9. The van der Waals surface area contributed by atoms with Crippen LogP contribution in [0.2, 0.25) is 0 Å². The van der Waals surface area contributed by atoms with Gasteiger partial charge in [0.1, 0.15) is 0 Å². The maximum Gasteiger partial charge on any atom is 0.160 e. The maximum absolute atomic E-state index is 9.48. The van der Waals surface area contributed by atoms with Crippen molar-refractivity contribution in [3.63, 3.8) is 0 Å². The molecule has 0 spiro atoms. The standard InChI is InChI=1S/C11H17NO2.BrH/c1-2-7-12-8-6-9-4-3-5-10(13)11(9)14;/h3-5,12-14H,2,6-8H2,1H3;1H. The Morgan fingerprint density at radius 2 is 1.93 bits per heavy atom. The predicted molar refractivity (Wildman–Crippen MR) is 67.0 cm³/mol. The monoisotopic (exact) mass is 275 g/mol. The number of phenolic OH excluding ortho intramolecular Hbond substituents is 2. The lowest BCUT2D eigenvalue weighted by Gasteiger charge is -2.06. The molecule has 1 aromatic rings. The highest BCUT2D eigenvalue weighted by Gasteiger charge is 2.04. The van der Waals surface area contributed by atoms with Crippen molar-refractivity contribution in [2.75, 3.05) is 13.1 Å². The van der Waals surface area contributed by atoms with E-state index in [9.17, 15) is 10.2 Å². The maximum atomic E-state index is 9.48. The van der Waals surface area contributed by atoms with Crippen LogP contribution < -0.4 is 5.32 Å². The van der Waals surface area contributed by atoms with Gasteiger partial charge in [-0.3, -0.25) is 0 Å². The molecule has 1 aromatic carbocycles. The van der Waals surface area contributed by atoms with Crippen molar-refractivity contribution < 1.29 is 10.2 Å². The second-order valence-corrected chi connectivity index (χ2v) is 3.28. The highest BCUT2D eigenvalue weighted by atomic mass is 79.9. The molecule has 4 heteroatoms. The first kappa shape index (κ1) is 14.3. The van der Waals surface area contributed by atoms with Crippen molar-refractivity contribution in [2.45, 2.75) is 19.8 Å². The van der Waals surface area contributed by atoms with E-state index >= 15 is 0 Å². The average Bonchev–Trinajstić information content (AvgIpc) is 2.19. The minimum absolute atomic E-state index is 0. The van der Waals surface area contributed by atoms with Crippen molar-refractivity contribution in [1.29, 1.82) is 0 Å².